The molecule has 0 aliphatic rings. The summed E-state index contributed by atoms with van der Waals surface area (Å²) >= 11 is 20.5. The van der Waals surface area contributed by atoms with Crippen molar-refractivity contribution in [2.75, 3.05) is 12.3 Å². The molecule has 1 N–H and O–H groups in total. The summed E-state index contributed by atoms with van der Waals surface area (Å²) in [6.45, 7) is 2.76. The fourth-order valence-corrected chi connectivity index (χ4v) is 5.57. The minimum absolute atomic E-state index is 0.157. The molecule has 0 spiro atoms. The zero-order chi connectivity index (χ0) is 25.9. The number of hydrogen-bond acceptors (Lipinski definition) is 3. The molecule has 8 heteroatoms. The Labute approximate surface area is 232 Å². The standard InChI is InChI=1S/C28H29Cl3N2O2S/c1-2-15-32-28(35)26(16-20-9-4-3-5-10-20)33(17-21-11-6-7-12-23(21)29)27(34)19-36-18-22-24(30)13-8-14-25(22)31/h3-14,26H,2,15-19H2,1H3,(H,32,35). The number of carbonyl (C=O) groups is 2. The molecule has 0 saturated heterocycles. The SMILES string of the molecule is CCCNC(=O)C(Cc1ccccc1)N(Cc1ccccc1Cl)C(=O)CSCc1c(Cl)cccc1Cl. The molecule has 0 fully saturated rings. The second kappa shape index (κ2) is 14.5. The van der Waals surface area contributed by atoms with Gasteiger partial charge in [0, 0.05) is 40.3 Å². The van der Waals surface area contributed by atoms with Crippen LogP contribution < -0.4 is 5.32 Å². The van der Waals surface area contributed by atoms with Crippen LogP contribution in [-0.4, -0.2) is 35.1 Å². The minimum atomic E-state index is -0.688. The van der Waals surface area contributed by atoms with Crippen molar-refractivity contribution in [1.82, 2.24) is 10.2 Å². The summed E-state index contributed by atoms with van der Waals surface area (Å²) in [5, 5.41) is 4.66. The lowest BCUT2D eigenvalue weighted by Crippen LogP contribution is -2.51. The summed E-state index contributed by atoms with van der Waals surface area (Å²) < 4.78 is 0. The van der Waals surface area contributed by atoms with Crippen LogP contribution in [0.5, 0.6) is 0 Å². The molecule has 3 rings (SSSR count). The van der Waals surface area contributed by atoms with Crippen LogP contribution in [0.2, 0.25) is 15.1 Å². The van der Waals surface area contributed by atoms with E-state index in [1.54, 1.807) is 29.2 Å². The number of nitrogens with zero attached hydrogens (tertiary/aromatic N) is 1. The second-order valence-electron chi connectivity index (χ2n) is 8.30. The second-order valence-corrected chi connectivity index (χ2v) is 10.5. The molecule has 0 aliphatic carbocycles. The molecule has 0 radical (unpaired) electrons. The smallest absolute Gasteiger partial charge is 0.243 e. The highest BCUT2D eigenvalue weighted by Crippen LogP contribution is 2.29. The van der Waals surface area contributed by atoms with Gasteiger partial charge in [0.2, 0.25) is 11.8 Å². The summed E-state index contributed by atoms with van der Waals surface area (Å²) in [4.78, 5) is 28.6. The van der Waals surface area contributed by atoms with Crippen LogP contribution in [0.3, 0.4) is 0 Å². The van der Waals surface area contributed by atoms with E-state index in [0.29, 0.717) is 33.8 Å². The fourth-order valence-electron chi connectivity index (χ4n) is 3.72. The van der Waals surface area contributed by atoms with Crippen molar-refractivity contribution in [2.24, 2.45) is 0 Å². The van der Waals surface area contributed by atoms with Crippen LogP contribution in [0, 0.1) is 0 Å². The summed E-state index contributed by atoms with van der Waals surface area (Å²) in [5.74, 6) is 0.310. The fraction of sp³-hybridized carbons (Fsp3) is 0.286. The molecule has 0 bridgehead atoms. The van der Waals surface area contributed by atoms with Gasteiger partial charge in [0.15, 0.2) is 0 Å². The lowest BCUT2D eigenvalue weighted by atomic mass is 10.0. The van der Waals surface area contributed by atoms with Crippen molar-refractivity contribution in [3.8, 4) is 0 Å². The van der Waals surface area contributed by atoms with Crippen LogP contribution in [-0.2, 0) is 28.3 Å². The summed E-state index contributed by atoms with van der Waals surface area (Å²) in [6.07, 6.45) is 1.20. The van der Waals surface area contributed by atoms with Gasteiger partial charge in [-0.05, 0) is 41.3 Å². The molecule has 1 unspecified atom stereocenters. The summed E-state index contributed by atoms with van der Waals surface area (Å²) in [7, 11) is 0. The molecule has 190 valence electrons. The largest absolute Gasteiger partial charge is 0.354 e. The van der Waals surface area contributed by atoms with E-state index in [4.69, 9.17) is 34.8 Å². The molecule has 1 atom stereocenters. The van der Waals surface area contributed by atoms with Gasteiger partial charge in [0.05, 0.1) is 5.75 Å². The Bertz CT molecular complexity index is 1140. The third kappa shape index (κ3) is 8.17. The van der Waals surface area contributed by atoms with Gasteiger partial charge in [-0.3, -0.25) is 9.59 Å². The molecule has 3 aromatic carbocycles. The molecule has 36 heavy (non-hydrogen) atoms. The maximum absolute atomic E-state index is 13.6. The van der Waals surface area contributed by atoms with Gasteiger partial charge in [-0.15, -0.1) is 11.8 Å². The van der Waals surface area contributed by atoms with E-state index in [2.05, 4.69) is 5.32 Å². The van der Waals surface area contributed by atoms with Crippen LogP contribution in [0.1, 0.15) is 30.0 Å². The van der Waals surface area contributed by atoms with Crippen LogP contribution >= 0.6 is 46.6 Å². The molecule has 4 nitrogen and oxygen atoms in total. The predicted octanol–water partition coefficient (Wildman–Crippen LogP) is 7.05. The van der Waals surface area contributed by atoms with Crippen LogP contribution in [0.15, 0.2) is 72.8 Å². The zero-order valence-corrected chi connectivity index (χ0v) is 23.1. The molecule has 0 aliphatic heterocycles. The summed E-state index contributed by atoms with van der Waals surface area (Å²) in [5.41, 5.74) is 2.55. The highest BCUT2D eigenvalue weighted by molar-refractivity contribution is 7.99. The van der Waals surface area contributed by atoms with Gasteiger partial charge in [-0.1, -0.05) is 96.3 Å². The summed E-state index contributed by atoms with van der Waals surface area (Å²) in [6, 6.07) is 21.8. The Morgan fingerprint density at radius 3 is 2.19 bits per heavy atom. The Morgan fingerprint density at radius 2 is 1.53 bits per heavy atom. The monoisotopic (exact) mass is 562 g/mol. The van der Waals surface area contributed by atoms with Gasteiger partial charge < -0.3 is 10.2 Å². The Balaban J connectivity index is 1.86. The van der Waals surface area contributed by atoms with Gasteiger partial charge >= 0.3 is 0 Å². The molecular weight excluding hydrogens is 535 g/mol. The van der Waals surface area contributed by atoms with Gasteiger partial charge in [-0.25, -0.2) is 0 Å². The third-order valence-electron chi connectivity index (χ3n) is 5.65. The number of amides is 2. The highest BCUT2D eigenvalue weighted by Gasteiger charge is 2.30. The first kappa shape index (κ1) is 28.4. The third-order valence-corrected chi connectivity index (χ3v) is 7.67. The van der Waals surface area contributed by atoms with Gasteiger partial charge in [0.1, 0.15) is 6.04 Å². The maximum atomic E-state index is 13.6. The van der Waals surface area contributed by atoms with E-state index in [1.165, 1.54) is 11.8 Å². The molecule has 0 saturated carbocycles. The zero-order valence-electron chi connectivity index (χ0n) is 20.1. The maximum Gasteiger partial charge on any atom is 0.243 e. The number of hydrogen-bond donors (Lipinski definition) is 1. The first-order valence-corrected chi connectivity index (χ1v) is 14.0. The van der Waals surface area contributed by atoms with Gasteiger partial charge in [-0.2, -0.15) is 0 Å². The Hall–Kier alpha value is -2.18. The first-order chi connectivity index (χ1) is 17.4. The normalized spacial score (nSPS) is 11.7. The number of benzene rings is 3. The van der Waals surface area contributed by atoms with Crippen LogP contribution in [0.4, 0.5) is 0 Å². The van der Waals surface area contributed by atoms with E-state index in [1.807, 2.05) is 55.5 Å². The van der Waals surface area contributed by atoms with Gasteiger partial charge in [0.25, 0.3) is 0 Å². The topological polar surface area (TPSA) is 49.4 Å². The first-order valence-electron chi connectivity index (χ1n) is 11.8. The molecule has 2 amide bonds. The molecule has 0 heterocycles. The van der Waals surface area contributed by atoms with Crippen molar-refractivity contribution in [1.29, 1.82) is 0 Å². The number of halogens is 3. The number of rotatable bonds is 12. The number of thioether (sulfide) groups is 1. The number of nitrogens with one attached hydrogen (secondary N) is 1. The van der Waals surface area contributed by atoms with Crippen molar-refractivity contribution in [3.05, 3.63) is 105 Å². The lowest BCUT2D eigenvalue weighted by Gasteiger charge is -2.32. The Morgan fingerprint density at radius 1 is 0.889 bits per heavy atom. The molecule has 0 aromatic heterocycles. The molecular formula is C28H29Cl3N2O2S. The van der Waals surface area contributed by atoms with E-state index in [0.717, 1.165) is 23.1 Å². The van der Waals surface area contributed by atoms with E-state index in [-0.39, 0.29) is 24.1 Å². The van der Waals surface area contributed by atoms with Crippen molar-refractivity contribution in [2.45, 2.75) is 38.1 Å². The minimum Gasteiger partial charge on any atom is -0.354 e. The number of carbonyl (C=O) groups excluding carboxylic acids is 2. The quantitative estimate of drug-likeness (QED) is 0.257. The van der Waals surface area contributed by atoms with Crippen molar-refractivity contribution in [3.63, 3.8) is 0 Å². The Kier molecular flexibility index (Phi) is 11.5. The lowest BCUT2D eigenvalue weighted by molar-refractivity contribution is -0.139. The van der Waals surface area contributed by atoms with E-state index >= 15 is 0 Å². The van der Waals surface area contributed by atoms with Crippen LogP contribution in [0.25, 0.3) is 0 Å². The van der Waals surface area contributed by atoms with Crippen molar-refractivity contribution >= 4 is 58.4 Å². The predicted molar refractivity (Wildman–Crippen MR) is 152 cm³/mol. The molecule has 3 aromatic rings. The van der Waals surface area contributed by atoms with E-state index < -0.39 is 6.04 Å². The average molecular weight is 564 g/mol. The average Bonchev–Trinajstić information content (AvgIpc) is 2.88. The highest BCUT2D eigenvalue weighted by atomic mass is 35.5. The van der Waals surface area contributed by atoms with Crippen molar-refractivity contribution < 1.29 is 9.59 Å². The van der Waals surface area contributed by atoms with E-state index in [9.17, 15) is 9.59 Å².